The van der Waals surface area contributed by atoms with Crippen LogP contribution in [0.5, 0.6) is 0 Å². The van der Waals surface area contributed by atoms with Crippen molar-refractivity contribution >= 4 is 0 Å². The van der Waals surface area contributed by atoms with Gasteiger partial charge in [0, 0.05) is 30.7 Å². The van der Waals surface area contributed by atoms with Crippen molar-refractivity contribution < 1.29 is 0 Å². The number of nitrogens with one attached hydrogen (secondary N) is 1. The molecule has 3 aliphatic rings. The minimum atomic E-state index is 0.423. The molecule has 3 rings (SSSR count). The Morgan fingerprint density at radius 2 is 1.89 bits per heavy atom. The Morgan fingerprint density at radius 3 is 2.50 bits per heavy atom. The van der Waals surface area contributed by atoms with Crippen molar-refractivity contribution in [2.24, 2.45) is 5.92 Å². The molecule has 1 aliphatic heterocycles. The fourth-order valence-corrected chi connectivity index (χ4v) is 4.29. The Hall–Kier alpha value is -0.0800. The van der Waals surface area contributed by atoms with Gasteiger partial charge < -0.3 is 5.32 Å². The van der Waals surface area contributed by atoms with Crippen LogP contribution in [0.3, 0.4) is 0 Å². The smallest absolute Gasteiger partial charge is 0.0309 e. The van der Waals surface area contributed by atoms with Crippen molar-refractivity contribution in [3.05, 3.63) is 0 Å². The fourth-order valence-electron chi connectivity index (χ4n) is 4.29. The first kappa shape index (κ1) is 12.9. The number of nitrogens with zero attached hydrogens (tertiary/aromatic N) is 1. The third-order valence-electron chi connectivity index (χ3n) is 5.62. The van der Waals surface area contributed by atoms with Crippen LogP contribution in [0.25, 0.3) is 0 Å². The largest absolute Gasteiger partial charge is 0.308 e. The van der Waals surface area contributed by atoms with E-state index in [2.05, 4.69) is 24.1 Å². The Balaban J connectivity index is 1.70. The second kappa shape index (κ2) is 5.13. The number of hydrogen-bond acceptors (Lipinski definition) is 2. The SMILES string of the molecule is CCCC1CNC(C)(C2CC2)CN1C1CCCC1. The van der Waals surface area contributed by atoms with Gasteiger partial charge >= 0.3 is 0 Å². The van der Waals surface area contributed by atoms with E-state index in [9.17, 15) is 0 Å². The van der Waals surface area contributed by atoms with Crippen LogP contribution in [0, 0.1) is 5.92 Å². The lowest BCUT2D eigenvalue weighted by Gasteiger charge is -2.49. The zero-order valence-corrected chi connectivity index (χ0v) is 12.3. The summed E-state index contributed by atoms with van der Waals surface area (Å²) in [6.07, 6.45) is 11.5. The van der Waals surface area contributed by atoms with Crippen molar-refractivity contribution in [1.82, 2.24) is 10.2 Å². The molecule has 1 N–H and O–H groups in total. The van der Waals surface area contributed by atoms with Crippen LogP contribution in [-0.4, -0.2) is 35.6 Å². The zero-order chi connectivity index (χ0) is 12.6. The van der Waals surface area contributed by atoms with E-state index >= 15 is 0 Å². The molecule has 18 heavy (non-hydrogen) atoms. The molecule has 2 saturated carbocycles. The third kappa shape index (κ3) is 2.46. The van der Waals surface area contributed by atoms with Gasteiger partial charge in [0.1, 0.15) is 0 Å². The molecule has 0 aromatic rings. The van der Waals surface area contributed by atoms with Crippen LogP contribution < -0.4 is 5.32 Å². The maximum Gasteiger partial charge on any atom is 0.0309 e. The highest BCUT2D eigenvalue weighted by atomic mass is 15.3. The fraction of sp³-hybridized carbons (Fsp3) is 1.00. The molecule has 0 spiro atoms. The molecule has 2 atom stereocenters. The van der Waals surface area contributed by atoms with E-state index in [0.29, 0.717) is 5.54 Å². The van der Waals surface area contributed by atoms with Crippen molar-refractivity contribution in [3.8, 4) is 0 Å². The maximum atomic E-state index is 3.90. The lowest BCUT2D eigenvalue weighted by atomic mass is 9.88. The summed E-state index contributed by atoms with van der Waals surface area (Å²) in [4.78, 5) is 2.91. The molecular weight excluding hydrogens is 220 g/mol. The summed E-state index contributed by atoms with van der Waals surface area (Å²) in [5.74, 6) is 0.962. The van der Waals surface area contributed by atoms with Gasteiger partial charge in [-0.15, -0.1) is 0 Å². The summed E-state index contributed by atoms with van der Waals surface area (Å²) in [5, 5.41) is 3.90. The van der Waals surface area contributed by atoms with Gasteiger partial charge in [-0.1, -0.05) is 26.2 Å². The second-order valence-corrected chi connectivity index (χ2v) is 7.13. The Morgan fingerprint density at radius 1 is 1.17 bits per heavy atom. The van der Waals surface area contributed by atoms with Crippen molar-refractivity contribution in [2.45, 2.75) is 82.8 Å². The van der Waals surface area contributed by atoms with E-state index in [4.69, 9.17) is 0 Å². The molecule has 3 fully saturated rings. The maximum absolute atomic E-state index is 3.90. The second-order valence-electron chi connectivity index (χ2n) is 7.13. The summed E-state index contributed by atoms with van der Waals surface area (Å²) < 4.78 is 0. The van der Waals surface area contributed by atoms with E-state index < -0.39 is 0 Å². The summed E-state index contributed by atoms with van der Waals surface area (Å²) in [7, 11) is 0. The van der Waals surface area contributed by atoms with Crippen molar-refractivity contribution in [3.63, 3.8) is 0 Å². The monoisotopic (exact) mass is 250 g/mol. The average Bonchev–Trinajstić information content (AvgIpc) is 3.09. The van der Waals surface area contributed by atoms with Gasteiger partial charge in [0.15, 0.2) is 0 Å². The molecule has 1 saturated heterocycles. The van der Waals surface area contributed by atoms with E-state index in [1.165, 1.54) is 64.5 Å². The topological polar surface area (TPSA) is 15.3 Å². The lowest BCUT2D eigenvalue weighted by Crippen LogP contribution is -2.65. The minimum Gasteiger partial charge on any atom is -0.308 e. The third-order valence-corrected chi connectivity index (χ3v) is 5.62. The average molecular weight is 250 g/mol. The molecule has 0 radical (unpaired) electrons. The molecule has 0 aromatic carbocycles. The van der Waals surface area contributed by atoms with Gasteiger partial charge in [-0.25, -0.2) is 0 Å². The molecule has 104 valence electrons. The first-order valence-corrected chi connectivity index (χ1v) is 8.24. The highest BCUT2D eigenvalue weighted by molar-refractivity contribution is 5.05. The van der Waals surface area contributed by atoms with Gasteiger partial charge in [0.05, 0.1) is 0 Å². The molecule has 2 aliphatic carbocycles. The summed E-state index contributed by atoms with van der Waals surface area (Å²) in [6, 6.07) is 1.71. The van der Waals surface area contributed by atoms with Gasteiger partial charge in [-0.3, -0.25) is 4.90 Å². The Bertz CT molecular complexity index is 281. The van der Waals surface area contributed by atoms with E-state index in [-0.39, 0.29) is 0 Å². The predicted molar refractivity (Wildman–Crippen MR) is 76.8 cm³/mol. The van der Waals surface area contributed by atoms with Gasteiger partial charge in [-0.05, 0) is 44.9 Å². The molecular formula is C16H30N2. The lowest BCUT2D eigenvalue weighted by molar-refractivity contribution is 0.0361. The molecule has 0 bridgehead atoms. The number of rotatable bonds is 4. The summed E-state index contributed by atoms with van der Waals surface area (Å²) in [6.45, 7) is 7.36. The number of hydrogen-bond donors (Lipinski definition) is 1. The van der Waals surface area contributed by atoms with E-state index in [1.807, 2.05) is 0 Å². The highest BCUT2D eigenvalue weighted by Gasteiger charge is 2.47. The molecule has 1 heterocycles. The normalized spacial score (nSPS) is 39.3. The van der Waals surface area contributed by atoms with Gasteiger partial charge in [0.2, 0.25) is 0 Å². The van der Waals surface area contributed by atoms with Crippen LogP contribution in [0.4, 0.5) is 0 Å². The molecule has 0 aromatic heterocycles. The predicted octanol–water partition coefficient (Wildman–Crippen LogP) is 3.17. The quantitative estimate of drug-likeness (QED) is 0.824. The summed E-state index contributed by atoms with van der Waals surface area (Å²) >= 11 is 0. The molecule has 2 heteroatoms. The Labute approximate surface area is 113 Å². The number of piperazine rings is 1. The van der Waals surface area contributed by atoms with Crippen LogP contribution >= 0.6 is 0 Å². The first-order valence-electron chi connectivity index (χ1n) is 8.24. The van der Waals surface area contributed by atoms with Crippen LogP contribution in [0.2, 0.25) is 0 Å². The van der Waals surface area contributed by atoms with Crippen molar-refractivity contribution in [1.29, 1.82) is 0 Å². The van der Waals surface area contributed by atoms with Crippen LogP contribution in [0.1, 0.15) is 65.2 Å². The van der Waals surface area contributed by atoms with E-state index in [1.54, 1.807) is 0 Å². The molecule has 2 unspecified atom stereocenters. The van der Waals surface area contributed by atoms with E-state index in [0.717, 1.165) is 18.0 Å². The highest BCUT2D eigenvalue weighted by Crippen LogP contribution is 2.42. The Kier molecular flexibility index (Phi) is 3.68. The molecule has 0 amide bonds. The van der Waals surface area contributed by atoms with Crippen LogP contribution in [-0.2, 0) is 0 Å². The van der Waals surface area contributed by atoms with Crippen molar-refractivity contribution in [2.75, 3.05) is 13.1 Å². The standard InChI is InChI=1S/C16H30N2/c1-3-6-15-11-17-16(2,13-9-10-13)12-18(15)14-7-4-5-8-14/h13-15,17H,3-12H2,1-2H3. The summed E-state index contributed by atoms with van der Waals surface area (Å²) in [5.41, 5.74) is 0.423. The zero-order valence-electron chi connectivity index (χ0n) is 12.3. The van der Waals surface area contributed by atoms with Gasteiger partial charge in [0.25, 0.3) is 0 Å². The minimum absolute atomic E-state index is 0.423. The van der Waals surface area contributed by atoms with Crippen LogP contribution in [0.15, 0.2) is 0 Å². The molecule has 2 nitrogen and oxygen atoms in total. The first-order chi connectivity index (χ1) is 8.73. The van der Waals surface area contributed by atoms with Gasteiger partial charge in [-0.2, -0.15) is 0 Å².